The Balaban J connectivity index is 1.74. The minimum absolute atomic E-state index is 0.144. The van der Waals surface area contributed by atoms with Gasteiger partial charge in [-0.2, -0.15) is 0 Å². The molecule has 0 radical (unpaired) electrons. The van der Waals surface area contributed by atoms with Gasteiger partial charge in [-0.05, 0) is 64.1 Å². The maximum Gasteiger partial charge on any atom is 0.208 e. The smallest absolute Gasteiger partial charge is 0.208 e. The zero-order valence-corrected chi connectivity index (χ0v) is 22.8. The van der Waals surface area contributed by atoms with E-state index >= 15 is 0 Å². The summed E-state index contributed by atoms with van der Waals surface area (Å²) in [6.45, 7) is 7.38. The fourth-order valence-corrected chi connectivity index (χ4v) is 5.16. The van der Waals surface area contributed by atoms with Crippen molar-refractivity contribution in [1.29, 1.82) is 0 Å². The Bertz CT molecular complexity index is 1220. The van der Waals surface area contributed by atoms with Gasteiger partial charge >= 0.3 is 0 Å². The SMILES string of the molecule is CC(C)(C)c1ccc(CNc2nc3cc(CI)c(CI)cc3n2-c2ccc(O)cc2)cc1. The zero-order chi connectivity index (χ0) is 22.9. The first-order valence-electron chi connectivity index (χ1n) is 10.6. The molecule has 0 fully saturated rings. The second kappa shape index (κ2) is 9.59. The van der Waals surface area contributed by atoms with Crippen LogP contribution < -0.4 is 5.32 Å². The largest absolute Gasteiger partial charge is 0.508 e. The van der Waals surface area contributed by atoms with E-state index in [1.165, 1.54) is 22.3 Å². The molecule has 32 heavy (non-hydrogen) atoms. The first kappa shape index (κ1) is 23.4. The van der Waals surface area contributed by atoms with Crippen molar-refractivity contribution in [3.05, 3.63) is 82.9 Å². The van der Waals surface area contributed by atoms with Crippen molar-refractivity contribution >= 4 is 62.2 Å². The first-order chi connectivity index (χ1) is 15.3. The summed E-state index contributed by atoms with van der Waals surface area (Å²) in [4.78, 5) is 4.95. The molecule has 0 saturated heterocycles. The number of aromatic hydroxyl groups is 1. The van der Waals surface area contributed by atoms with Crippen LogP contribution in [0.4, 0.5) is 5.95 Å². The molecule has 1 heterocycles. The molecule has 0 spiro atoms. The van der Waals surface area contributed by atoms with Crippen molar-refractivity contribution in [2.75, 3.05) is 5.32 Å². The number of nitrogens with one attached hydrogen (secondary N) is 1. The van der Waals surface area contributed by atoms with E-state index in [4.69, 9.17) is 4.98 Å². The van der Waals surface area contributed by atoms with Crippen LogP contribution in [-0.4, -0.2) is 14.7 Å². The Hall–Kier alpha value is -1.81. The number of aromatic nitrogens is 2. The number of rotatable bonds is 6. The van der Waals surface area contributed by atoms with E-state index in [1.54, 1.807) is 12.1 Å². The molecule has 6 heteroatoms. The van der Waals surface area contributed by atoms with E-state index in [0.717, 1.165) is 31.5 Å². The number of phenols is 1. The number of anilines is 1. The third kappa shape index (κ3) is 4.90. The molecule has 166 valence electrons. The predicted octanol–water partition coefficient (Wildman–Crippen LogP) is 7.51. The minimum atomic E-state index is 0.144. The van der Waals surface area contributed by atoms with Crippen LogP contribution in [0.1, 0.15) is 43.0 Å². The quantitative estimate of drug-likeness (QED) is 0.168. The van der Waals surface area contributed by atoms with Gasteiger partial charge in [0.1, 0.15) is 5.75 Å². The Morgan fingerprint density at radius 1 is 0.906 bits per heavy atom. The summed E-state index contributed by atoms with van der Waals surface area (Å²) >= 11 is 4.84. The molecule has 0 saturated carbocycles. The molecule has 3 aromatic carbocycles. The number of alkyl halides is 2. The van der Waals surface area contributed by atoms with Crippen LogP contribution >= 0.6 is 45.2 Å². The molecule has 4 aromatic rings. The molecule has 0 aliphatic heterocycles. The second-order valence-electron chi connectivity index (χ2n) is 8.96. The Labute approximate surface area is 216 Å². The predicted molar refractivity (Wildman–Crippen MR) is 151 cm³/mol. The van der Waals surface area contributed by atoms with Gasteiger partial charge in [0.05, 0.1) is 11.0 Å². The summed E-state index contributed by atoms with van der Waals surface area (Å²) in [6, 6.07) is 20.5. The van der Waals surface area contributed by atoms with Gasteiger partial charge in [0.25, 0.3) is 0 Å². The highest BCUT2D eigenvalue weighted by Crippen LogP contribution is 2.30. The lowest BCUT2D eigenvalue weighted by atomic mass is 9.87. The second-order valence-corrected chi connectivity index (χ2v) is 10.5. The summed E-state index contributed by atoms with van der Waals surface area (Å²) in [5.74, 6) is 1.06. The van der Waals surface area contributed by atoms with Crippen LogP contribution in [0.5, 0.6) is 5.75 Å². The van der Waals surface area contributed by atoms with E-state index in [9.17, 15) is 5.11 Å². The highest BCUT2D eigenvalue weighted by Gasteiger charge is 2.16. The van der Waals surface area contributed by atoms with E-state index in [0.29, 0.717) is 6.54 Å². The fraction of sp³-hybridized carbons (Fsp3) is 0.269. The molecule has 1 aromatic heterocycles. The molecule has 4 nitrogen and oxygen atoms in total. The Morgan fingerprint density at radius 3 is 2.12 bits per heavy atom. The van der Waals surface area contributed by atoms with Crippen LogP contribution in [0, 0.1) is 0 Å². The van der Waals surface area contributed by atoms with Crippen molar-refractivity contribution in [2.24, 2.45) is 0 Å². The van der Waals surface area contributed by atoms with Gasteiger partial charge in [0.15, 0.2) is 0 Å². The fourth-order valence-electron chi connectivity index (χ4n) is 3.74. The number of nitrogens with zero attached hydrogens (tertiary/aromatic N) is 2. The molecular formula is C26H27I2N3O. The summed E-state index contributed by atoms with van der Waals surface area (Å²) in [7, 11) is 0. The lowest BCUT2D eigenvalue weighted by molar-refractivity contribution is 0.475. The third-order valence-electron chi connectivity index (χ3n) is 5.64. The van der Waals surface area contributed by atoms with Crippen LogP contribution in [0.25, 0.3) is 16.7 Å². The van der Waals surface area contributed by atoms with Crippen LogP contribution in [0.2, 0.25) is 0 Å². The molecular weight excluding hydrogens is 624 g/mol. The van der Waals surface area contributed by atoms with Gasteiger partial charge in [-0.1, -0.05) is 90.2 Å². The molecule has 0 aliphatic carbocycles. The van der Waals surface area contributed by atoms with Crippen molar-refractivity contribution < 1.29 is 5.11 Å². The van der Waals surface area contributed by atoms with Crippen molar-refractivity contribution in [1.82, 2.24) is 9.55 Å². The monoisotopic (exact) mass is 651 g/mol. The van der Waals surface area contributed by atoms with Gasteiger partial charge in [0, 0.05) is 21.1 Å². The number of imidazole rings is 1. The Kier molecular flexibility index (Phi) is 7.00. The third-order valence-corrected chi connectivity index (χ3v) is 7.29. The summed E-state index contributed by atoms with van der Waals surface area (Å²) in [6.07, 6.45) is 0. The zero-order valence-electron chi connectivity index (χ0n) is 18.5. The minimum Gasteiger partial charge on any atom is -0.508 e. The first-order valence-corrected chi connectivity index (χ1v) is 13.6. The highest BCUT2D eigenvalue weighted by molar-refractivity contribution is 14.1. The van der Waals surface area contributed by atoms with Gasteiger partial charge in [0.2, 0.25) is 5.95 Å². The molecule has 2 N–H and O–H groups in total. The maximum atomic E-state index is 9.78. The van der Waals surface area contributed by atoms with Crippen LogP contribution in [-0.2, 0) is 20.8 Å². The van der Waals surface area contributed by atoms with Crippen LogP contribution in [0.3, 0.4) is 0 Å². The molecule has 0 aliphatic rings. The lowest BCUT2D eigenvalue weighted by Gasteiger charge is -2.19. The Morgan fingerprint density at radius 2 is 1.53 bits per heavy atom. The number of phenolic OH excluding ortho intramolecular Hbond substituents is 1. The van der Waals surface area contributed by atoms with Crippen LogP contribution in [0.15, 0.2) is 60.7 Å². The topological polar surface area (TPSA) is 50.1 Å². The molecule has 0 unspecified atom stereocenters. The van der Waals surface area contributed by atoms with E-state index in [1.807, 2.05) is 12.1 Å². The van der Waals surface area contributed by atoms with Crippen molar-refractivity contribution in [2.45, 2.75) is 41.6 Å². The van der Waals surface area contributed by atoms with Gasteiger partial charge in [-0.25, -0.2) is 4.98 Å². The number of hydrogen-bond acceptors (Lipinski definition) is 3. The van der Waals surface area contributed by atoms with E-state index < -0.39 is 0 Å². The number of hydrogen-bond donors (Lipinski definition) is 2. The summed E-state index contributed by atoms with van der Waals surface area (Å²) < 4.78 is 4.06. The van der Waals surface area contributed by atoms with Crippen molar-refractivity contribution in [3.8, 4) is 11.4 Å². The summed E-state index contributed by atoms with van der Waals surface area (Å²) in [5.41, 5.74) is 8.36. The van der Waals surface area contributed by atoms with E-state index in [-0.39, 0.29) is 11.2 Å². The molecule has 4 rings (SSSR count). The average Bonchev–Trinajstić information content (AvgIpc) is 3.14. The normalized spacial score (nSPS) is 11.8. The molecule has 0 amide bonds. The number of halogens is 2. The molecule has 0 atom stereocenters. The highest BCUT2D eigenvalue weighted by atomic mass is 127. The average molecular weight is 651 g/mol. The summed E-state index contributed by atoms with van der Waals surface area (Å²) in [5, 5.41) is 13.3. The van der Waals surface area contributed by atoms with E-state index in [2.05, 4.69) is 112 Å². The number of benzene rings is 3. The molecule has 0 bridgehead atoms. The standard InChI is InChI=1S/C26H27I2N3O/c1-26(2,3)20-6-4-17(5-7-20)16-29-25-30-23-12-18(14-27)19(15-28)13-24(23)31(25)21-8-10-22(32)11-9-21/h4-13,32H,14-16H2,1-3H3,(H,29,30). The number of fused-ring (bicyclic) bond motifs is 1. The van der Waals surface area contributed by atoms with Gasteiger partial charge in [-0.3, -0.25) is 4.57 Å². The van der Waals surface area contributed by atoms with Gasteiger partial charge < -0.3 is 10.4 Å². The lowest BCUT2D eigenvalue weighted by Crippen LogP contribution is -2.11. The van der Waals surface area contributed by atoms with Gasteiger partial charge in [-0.15, -0.1) is 0 Å². The van der Waals surface area contributed by atoms with Crippen molar-refractivity contribution in [3.63, 3.8) is 0 Å². The maximum absolute atomic E-state index is 9.78.